The SMILES string of the molecule is c1ccc(-c2cc(-c3cccc(-n4c5ccc(-c6ccc7c(c6)c6cc8c(cc6n7-c6ccccc6)oc6ccccc68)cc5c5cc6c(cc54)oc4ccccc46)c3)nc(-c3ccccc3)n2)cc1.c1ccc(-c2cc(-c3ccccc3)nc(-c3cccc(-n4c5ccc(-c6ccc7c(c6)c6cc8c(cc6n7-c6ccccc6)oc6ccccc68)cc5c5cc6c(cc54)oc4ccccc46)c3)n2)cc1. The minimum atomic E-state index is 0.662. The second-order valence-electron chi connectivity index (χ2n) is 36.3. The number of aromatic nitrogens is 8. The molecular formula is C128H76N8O4. The average Bonchev–Trinajstić information content (AvgIpc) is 1.58. The van der Waals surface area contributed by atoms with E-state index in [1.54, 1.807) is 0 Å². The van der Waals surface area contributed by atoms with Gasteiger partial charge in [-0.25, -0.2) is 19.9 Å². The lowest BCUT2D eigenvalue weighted by molar-refractivity contribution is 0.669. The van der Waals surface area contributed by atoms with Crippen molar-refractivity contribution >= 4 is 175 Å². The standard InChI is InChI=1S/2C64H38N4O2/c1-4-15-39(16-5-1)54-36-55(66-64(65-54)40-17-6-2-7-18-40)43-19-14-22-45(31-43)68-57-30-28-42(33-49(57)51-35-53-47-24-11-13-26-61(47)70-63(53)38-59(51)68)41-27-29-56-48(32-41)50-34-52-46-23-10-12-25-60(46)69-62(52)37-58(50)67(56)44-20-8-3-9-21-44;1-4-15-39(16-5-1)54-36-55(40-17-6-2-7-18-40)66-64(65-54)43-19-14-22-45(31-43)68-57-30-28-42(33-49(57)51-35-53-47-24-11-13-26-61(47)70-63(53)38-59(51)68)41-27-29-56-48(32-41)50-34-52-46-23-10-12-25-60(46)69-62(52)37-58(50)67(56)44-20-8-3-9-21-44/h2*1-38H. The summed E-state index contributed by atoms with van der Waals surface area (Å²) in [6.45, 7) is 0. The van der Waals surface area contributed by atoms with Crippen LogP contribution < -0.4 is 0 Å². The molecule has 0 aliphatic heterocycles. The van der Waals surface area contributed by atoms with Gasteiger partial charge >= 0.3 is 0 Å². The number of nitrogens with zero attached hydrogens (tertiary/aromatic N) is 8. The van der Waals surface area contributed by atoms with Crippen molar-refractivity contribution in [3.63, 3.8) is 0 Å². The number of benzene rings is 20. The Morgan fingerprint density at radius 1 is 0.129 bits per heavy atom. The molecule has 0 bridgehead atoms. The molecule has 30 aromatic rings. The quantitative estimate of drug-likeness (QED) is 0.118. The van der Waals surface area contributed by atoms with Crippen LogP contribution in [-0.4, -0.2) is 38.2 Å². The molecule has 0 saturated heterocycles. The second kappa shape index (κ2) is 31.3. The largest absolute Gasteiger partial charge is 0.456 e. The number of para-hydroxylation sites is 6. The van der Waals surface area contributed by atoms with Gasteiger partial charge in [-0.2, -0.15) is 0 Å². The molecule has 0 radical (unpaired) electrons. The Labute approximate surface area is 799 Å². The first-order valence-electron chi connectivity index (χ1n) is 47.2. The fourth-order valence-corrected chi connectivity index (χ4v) is 21.7. The Bertz CT molecular complexity index is 9630. The zero-order chi connectivity index (χ0) is 91.7. The normalized spacial score (nSPS) is 12.0. The van der Waals surface area contributed by atoms with Crippen LogP contribution in [0.4, 0.5) is 0 Å². The summed E-state index contributed by atoms with van der Waals surface area (Å²) in [5.41, 5.74) is 34.1. The molecule has 12 nitrogen and oxygen atoms in total. The van der Waals surface area contributed by atoms with Crippen molar-refractivity contribution in [2.45, 2.75) is 0 Å². The van der Waals surface area contributed by atoms with Crippen LogP contribution in [0.15, 0.2) is 479 Å². The topological polar surface area (TPSA) is 124 Å². The van der Waals surface area contributed by atoms with Gasteiger partial charge in [0, 0.05) is 167 Å². The van der Waals surface area contributed by atoms with E-state index >= 15 is 0 Å². The fraction of sp³-hybridized carbons (Fsp3) is 0. The van der Waals surface area contributed by atoms with E-state index in [1.807, 2.05) is 84.9 Å². The molecule has 0 saturated carbocycles. The summed E-state index contributed by atoms with van der Waals surface area (Å²) in [5, 5.41) is 18.2. The molecule has 0 aliphatic carbocycles. The highest BCUT2D eigenvalue weighted by molar-refractivity contribution is 6.23. The molecular weight excluding hydrogens is 1710 g/mol. The van der Waals surface area contributed by atoms with Crippen LogP contribution in [0.5, 0.6) is 0 Å². The molecule has 0 spiro atoms. The lowest BCUT2D eigenvalue weighted by atomic mass is 10.00. The fourth-order valence-electron chi connectivity index (χ4n) is 21.7. The van der Waals surface area contributed by atoms with Gasteiger partial charge in [-0.05, 0) is 180 Å². The van der Waals surface area contributed by atoms with E-state index in [2.05, 4.69) is 394 Å². The summed E-state index contributed by atoms with van der Waals surface area (Å²) >= 11 is 0. The molecule has 0 atom stereocenters. The maximum atomic E-state index is 6.56. The minimum Gasteiger partial charge on any atom is -0.456 e. The van der Waals surface area contributed by atoms with Crippen molar-refractivity contribution < 1.29 is 17.7 Å². The molecule has 0 unspecified atom stereocenters. The lowest BCUT2D eigenvalue weighted by Gasteiger charge is -2.12. The van der Waals surface area contributed by atoms with E-state index in [4.69, 9.17) is 37.6 Å². The van der Waals surface area contributed by atoms with E-state index in [0.29, 0.717) is 11.6 Å². The Kier molecular flexibility index (Phi) is 17.5. The van der Waals surface area contributed by atoms with Gasteiger partial charge < -0.3 is 35.9 Å². The van der Waals surface area contributed by atoms with Gasteiger partial charge in [-0.3, -0.25) is 0 Å². The molecule has 0 fully saturated rings. The molecule has 0 aliphatic rings. The first-order valence-corrected chi connectivity index (χ1v) is 47.2. The maximum absolute atomic E-state index is 6.56. The number of hydrogen-bond donors (Lipinski definition) is 0. The first-order chi connectivity index (χ1) is 69.3. The van der Waals surface area contributed by atoms with Crippen molar-refractivity contribution in [2.75, 3.05) is 0 Å². The van der Waals surface area contributed by atoms with Crippen molar-refractivity contribution in [1.82, 2.24) is 38.2 Å². The van der Waals surface area contributed by atoms with Crippen LogP contribution >= 0.6 is 0 Å². The average molecular weight is 1790 g/mol. The van der Waals surface area contributed by atoms with Crippen molar-refractivity contribution in [2.24, 2.45) is 0 Å². The lowest BCUT2D eigenvalue weighted by Crippen LogP contribution is -1.98. The summed E-state index contributed by atoms with van der Waals surface area (Å²) in [6.07, 6.45) is 0. The van der Waals surface area contributed by atoms with Crippen LogP contribution in [0.25, 0.3) is 288 Å². The Morgan fingerprint density at radius 2 is 0.364 bits per heavy atom. The summed E-state index contributed by atoms with van der Waals surface area (Å²) < 4.78 is 35.5. The molecule has 140 heavy (non-hydrogen) atoms. The number of hydrogen-bond acceptors (Lipinski definition) is 8. The van der Waals surface area contributed by atoms with Crippen LogP contribution in [0, 0.1) is 0 Å². The molecule has 0 N–H and O–H groups in total. The number of rotatable bonds is 12. The third kappa shape index (κ3) is 12.7. The molecule has 30 rings (SSSR count). The van der Waals surface area contributed by atoms with E-state index in [-0.39, 0.29) is 0 Å². The maximum Gasteiger partial charge on any atom is 0.160 e. The van der Waals surface area contributed by atoms with E-state index < -0.39 is 0 Å². The third-order valence-electron chi connectivity index (χ3n) is 28.2. The summed E-state index contributed by atoms with van der Waals surface area (Å²) in [7, 11) is 0. The summed E-state index contributed by atoms with van der Waals surface area (Å²) in [6, 6.07) is 163. The highest BCUT2D eigenvalue weighted by atomic mass is 16.3. The van der Waals surface area contributed by atoms with Crippen molar-refractivity contribution in [3.8, 4) is 113 Å². The monoisotopic (exact) mass is 1790 g/mol. The second-order valence-corrected chi connectivity index (χ2v) is 36.3. The molecule has 652 valence electrons. The summed E-state index contributed by atoms with van der Waals surface area (Å²) in [4.78, 5) is 20.7. The Hall–Kier alpha value is -19.0. The van der Waals surface area contributed by atoms with Gasteiger partial charge in [-0.15, -0.1) is 0 Å². The molecule has 20 aromatic carbocycles. The first kappa shape index (κ1) is 78.4. The van der Waals surface area contributed by atoms with Gasteiger partial charge in [0.2, 0.25) is 0 Å². The molecule has 0 amide bonds. The molecule has 10 heterocycles. The smallest absolute Gasteiger partial charge is 0.160 e. The molecule has 12 heteroatoms. The summed E-state index contributed by atoms with van der Waals surface area (Å²) in [5.74, 6) is 1.35. The number of fused-ring (bicyclic) bond motifs is 24. The zero-order valence-corrected chi connectivity index (χ0v) is 75.1. The van der Waals surface area contributed by atoms with Crippen LogP contribution in [-0.2, 0) is 0 Å². The van der Waals surface area contributed by atoms with Crippen LogP contribution in [0.3, 0.4) is 0 Å². The third-order valence-corrected chi connectivity index (χ3v) is 28.2. The van der Waals surface area contributed by atoms with Gasteiger partial charge in [0.25, 0.3) is 0 Å². The predicted octanol–water partition coefficient (Wildman–Crippen LogP) is 34.3. The Balaban J connectivity index is 0.000000134. The Morgan fingerprint density at radius 3 is 0.686 bits per heavy atom. The highest BCUT2D eigenvalue weighted by Gasteiger charge is 2.26. The van der Waals surface area contributed by atoms with E-state index in [0.717, 1.165) is 255 Å². The van der Waals surface area contributed by atoms with Crippen LogP contribution in [0.2, 0.25) is 0 Å². The van der Waals surface area contributed by atoms with Crippen molar-refractivity contribution in [1.29, 1.82) is 0 Å². The van der Waals surface area contributed by atoms with E-state index in [1.165, 1.54) is 21.5 Å². The van der Waals surface area contributed by atoms with Crippen molar-refractivity contribution in [3.05, 3.63) is 461 Å². The molecule has 10 aromatic heterocycles. The van der Waals surface area contributed by atoms with Gasteiger partial charge in [0.1, 0.15) is 44.7 Å². The van der Waals surface area contributed by atoms with Gasteiger partial charge in [-0.1, -0.05) is 279 Å². The van der Waals surface area contributed by atoms with E-state index in [9.17, 15) is 0 Å². The minimum absolute atomic E-state index is 0.662. The predicted molar refractivity (Wildman–Crippen MR) is 574 cm³/mol. The van der Waals surface area contributed by atoms with Gasteiger partial charge in [0.15, 0.2) is 11.6 Å². The number of furan rings is 4. The van der Waals surface area contributed by atoms with Gasteiger partial charge in [0.05, 0.1) is 66.9 Å². The highest BCUT2D eigenvalue weighted by Crippen LogP contribution is 2.48. The zero-order valence-electron chi connectivity index (χ0n) is 75.1. The van der Waals surface area contributed by atoms with Crippen LogP contribution in [0.1, 0.15) is 0 Å².